The molecule has 0 atom stereocenters. The van der Waals surface area contributed by atoms with E-state index in [4.69, 9.17) is 37.1 Å². The summed E-state index contributed by atoms with van der Waals surface area (Å²) in [6.07, 6.45) is 4.63. The van der Waals surface area contributed by atoms with Gasteiger partial charge in [-0.05, 0) is 59.8 Å². The summed E-state index contributed by atoms with van der Waals surface area (Å²) in [5.74, 6) is 1.24. The zero-order chi connectivity index (χ0) is 30.3. The number of non-ortho nitro benzene ring substituents is 1. The van der Waals surface area contributed by atoms with Crippen LogP contribution in [0.15, 0.2) is 98.6 Å². The molecule has 1 aliphatic heterocycles. The number of nitrogens with zero attached hydrogens (tertiary/aromatic N) is 4. The third kappa shape index (κ3) is 7.44. The number of rotatable bonds is 10. The number of hydrogen-bond acceptors (Lipinski definition) is 9. The Morgan fingerprint density at radius 3 is 2.65 bits per heavy atom. The van der Waals surface area contributed by atoms with Gasteiger partial charge in [-0.15, -0.1) is 5.10 Å². The fraction of sp³-hybridized carbons (Fsp3) is 0.100. The topological polar surface area (TPSA) is 120 Å². The van der Waals surface area contributed by atoms with Gasteiger partial charge in [0.2, 0.25) is 0 Å². The van der Waals surface area contributed by atoms with Gasteiger partial charge in [-0.2, -0.15) is 5.10 Å². The van der Waals surface area contributed by atoms with Crippen LogP contribution >= 0.6 is 35.0 Å². The van der Waals surface area contributed by atoms with Crippen LogP contribution in [0.2, 0.25) is 10.0 Å². The van der Waals surface area contributed by atoms with Gasteiger partial charge in [0.25, 0.3) is 11.6 Å². The summed E-state index contributed by atoms with van der Waals surface area (Å²) in [7, 11) is 1.53. The third-order valence-electron chi connectivity index (χ3n) is 6.10. The molecule has 13 heteroatoms. The summed E-state index contributed by atoms with van der Waals surface area (Å²) in [6.45, 7) is 0.351. The van der Waals surface area contributed by atoms with Crippen molar-refractivity contribution in [2.45, 2.75) is 13.2 Å². The summed E-state index contributed by atoms with van der Waals surface area (Å²) in [5, 5.41) is 20.8. The van der Waals surface area contributed by atoms with Crippen molar-refractivity contribution in [1.29, 1.82) is 0 Å². The molecule has 1 aliphatic rings. The Hall–Kier alpha value is -4.58. The number of ether oxygens (including phenoxy) is 2. The lowest BCUT2D eigenvalue weighted by Gasteiger charge is -2.13. The first-order chi connectivity index (χ1) is 20.8. The van der Waals surface area contributed by atoms with Gasteiger partial charge in [0.15, 0.2) is 16.7 Å². The van der Waals surface area contributed by atoms with Crippen molar-refractivity contribution in [2.75, 3.05) is 7.11 Å². The minimum atomic E-state index is -0.486. The number of thioether (sulfide) groups is 1. The zero-order valence-corrected chi connectivity index (χ0v) is 24.8. The number of halogens is 2. The molecule has 1 amide bonds. The van der Waals surface area contributed by atoms with Crippen molar-refractivity contribution in [3.05, 3.63) is 127 Å². The van der Waals surface area contributed by atoms with E-state index in [-0.39, 0.29) is 24.7 Å². The fourth-order valence-corrected chi connectivity index (χ4v) is 5.38. The van der Waals surface area contributed by atoms with E-state index in [2.05, 4.69) is 10.2 Å². The van der Waals surface area contributed by atoms with Gasteiger partial charge < -0.3 is 13.9 Å². The maximum Gasteiger partial charge on any atom is 0.270 e. The van der Waals surface area contributed by atoms with Gasteiger partial charge in [-0.25, -0.2) is 0 Å². The predicted octanol–water partition coefficient (Wildman–Crippen LogP) is 7.59. The first-order valence-electron chi connectivity index (χ1n) is 12.6. The first-order valence-corrected chi connectivity index (χ1v) is 14.2. The maximum absolute atomic E-state index is 13.4. The summed E-state index contributed by atoms with van der Waals surface area (Å²) >= 11 is 13.4. The monoisotopic (exact) mass is 636 g/mol. The van der Waals surface area contributed by atoms with Crippen molar-refractivity contribution in [1.82, 2.24) is 4.90 Å². The van der Waals surface area contributed by atoms with Crippen LogP contribution in [-0.2, 0) is 17.9 Å². The van der Waals surface area contributed by atoms with Gasteiger partial charge in [-0.1, -0.05) is 47.5 Å². The molecule has 0 bridgehead atoms. The number of amidine groups is 1. The molecule has 1 fully saturated rings. The second kappa shape index (κ2) is 13.6. The van der Waals surface area contributed by atoms with Crippen molar-refractivity contribution in [3.8, 4) is 11.5 Å². The molecule has 1 saturated heterocycles. The van der Waals surface area contributed by atoms with Crippen LogP contribution in [0, 0.1) is 10.1 Å². The molecule has 218 valence electrons. The number of nitro benzene ring substituents is 1. The largest absolute Gasteiger partial charge is 0.493 e. The molecule has 0 spiro atoms. The highest BCUT2D eigenvalue weighted by Crippen LogP contribution is 2.36. The molecule has 43 heavy (non-hydrogen) atoms. The second-order valence-electron chi connectivity index (χ2n) is 9.00. The molecule has 2 heterocycles. The maximum atomic E-state index is 13.4. The lowest BCUT2D eigenvalue weighted by molar-refractivity contribution is -0.384. The van der Waals surface area contributed by atoms with E-state index in [0.717, 1.165) is 17.3 Å². The number of carbonyl (C=O) groups excluding carboxylic acids is 1. The molecule has 0 radical (unpaired) electrons. The van der Waals surface area contributed by atoms with Crippen molar-refractivity contribution in [2.24, 2.45) is 10.2 Å². The zero-order valence-electron chi connectivity index (χ0n) is 22.5. The lowest BCUT2D eigenvalue weighted by Crippen LogP contribution is -2.28. The van der Waals surface area contributed by atoms with Gasteiger partial charge in [-0.3, -0.25) is 19.8 Å². The van der Waals surface area contributed by atoms with Crippen molar-refractivity contribution < 1.29 is 23.6 Å². The predicted molar refractivity (Wildman–Crippen MR) is 167 cm³/mol. The molecule has 4 aromatic rings. The second-order valence-corrected chi connectivity index (χ2v) is 10.8. The normalized spacial score (nSPS) is 15.1. The minimum Gasteiger partial charge on any atom is -0.493 e. The quantitative estimate of drug-likeness (QED) is 0.0761. The molecule has 1 aromatic heterocycles. The number of benzene rings is 3. The Bertz CT molecular complexity index is 1760. The van der Waals surface area contributed by atoms with Crippen molar-refractivity contribution in [3.63, 3.8) is 0 Å². The van der Waals surface area contributed by atoms with Crippen LogP contribution in [0.1, 0.15) is 22.5 Å². The van der Waals surface area contributed by atoms with E-state index in [1.807, 2.05) is 0 Å². The summed E-state index contributed by atoms with van der Waals surface area (Å²) < 4.78 is 16.9. The van der Waals surface area contributed by atoms with Crippen LogP contribution in [0.25, 0.3) is 6.08 Å². The lowest BCUT2D eigenvalue weighted by atomic mass is 10.1. The van der Waals surface area contributed by atoms with E-state index in [9.17, 15) is 14.9 Å². The van der Waals surface area contributed by atoms with Crippen molar-refractivity contribution >= 4 is 64.0 Å². The van der Waals surface area contributed by atoms with E-state index in [1.165, 1.54) is 36.6 Å². The van der Waals surface area contributed by atoms with E-state index < -0.39 is 4.92 Å². The SMILES string of the molecule is COc1cc(/C=C2\S/C(=N/N=C\c3cccc([N+](=O)[O-])c3)N(Cc3ccco3)C2=O)ccc1OCc1ccc(Cl)cc1Cl. The molecule has 3 aromatic carbocycles. The van der Waals surface area contributed by atoms with Crippen LogP contribution in [0.3, 0.4) is 0 Å². The minimum absolute atomic E-state index is 0.0627. The average molecular weight is 638 g/mol. The Kier molecular flexibility index (Phi) is 9.45. The van der Waals surface area contributed by atoms with Crippen LogP contribution in [0.4, 0.5) is 5.69 Å². The van der Waals surface area contributed by atoms with Gasteiger partial charge in [0.05, 0.1) is 36.0 Å². The summed E-state index contributed by atoms with van der Waals surface area (Å²) in [5.41, 5.74) is 1.90. The third-order valence-corrected chi connectivity index (χ3v) is 7.68. The Morgan fingerprint density at radius 1 is 1.05 bits per heavy atom. The summed E-state index contributed by atoms with van der Waals surface area (Å²) in [4.78, 5) is 25.9. The van der Waals surface area contributed by atoms with E-state index in [0.29, 0.717) is 48.5 Å². The molecule has 0 N–H and O–H groups in total. The molecule has 10 nitrogen and oxygen atoms in total. The number of hydrogen-bond donors (Lipinski definition) is 0. The number of amides is 1. The molecular weight excluding hydrogens is 615 g/mol. The number of methoxy groups -OCH3 is 1. The molecule has 5 rings (SSSR count). The Balaban J connectivity index is 1.37. The number of carbonyl (C=O) groups is 1. The van der Waals surface area contributed by atoms with Gasteiger partial charge in [0.1, 0.15) is 12.4 Å². The van der Waals surface area contributed by atoms with Gasteiger partial charge >= 0.3 is 0 Å². The number of nitro groups is 1. The fourth-order valence-electron chi connectivity index (χ4n) is 3.98. The highest BCUT2D eigenvalue weighted by atomic mass is 35.5. The molecule has 0 unspecified atom stereocenters. The molecular formula is C30H22Cl2N4O6S. The standard InChI is InChI=1S/C30H22Cl2N4O6S/c1-40-27-13-19(7-10-26(27)42-18-21-8-9-22(31)15-25(21)32)14-28-29(37)35(17-24-6-3-11-41-24)30(43-28)34-33-16-20-4-2-5-23(12-20)36(38)39/h2-16H,17-18H2,1H3/b28-14-,33-16-,34-30+. The summed E-state index contributed by atoms with van der Waals surface area (Å²) in [6, 6.07) is 20.0. The molecule has 0 aliphatic carbocycles. The van der Waals surface area contributed by atoms with Crippen LogP contribution in [-0.4, -0.2) is 34.2 Å². The van der Waals surface area contributed by atoms with Crippen LogP contribution < -0.4 is 9.47 Å². The van der Waals surface area contributed by atoms with Gasteiger partial charge in [0, 0.05) is 33.3 Å². The Morgan fingerprint density at radius 2 is 1.91 bits per heavy atom. The van der Waals surface area contributed by atoms with E-state index in [1.54, 1.807) is 66.7 Å². The molecule has 0 saturated carbocycles. The average Bonchev–Trinajstić information content (AvgIpc) is 3.61. The number of furan rings is 1. The highest BCUT2D eigenvalue weighted by molar-refractivity contribution is 8.18. The van der Waals surface area contributed by atoms with Crippen LogP contribution in [0.5, 0.6) is 11.5 Å². The smallest absolute Gasteiger partial charge is 0.270 e. The Labute approximate surface area is 260 Å². The highest BCUT2D eigenvalue weighted by Gasteiger charge is 2.34. The van der Waals surface area contributed by atoms with E-state index >= 15 is 0 Å². The first kappa shape index (κ1) is 29.9.